The molecule has 1 aromatic rings. The molecule has 4 amide bonds. The van der Waals surface area contributed by atoms with Gasteiger partial charge in [-0.1, -0.05) is 206 Å². The van der Waals surface area contributed by atoms with Crippen molar-refractivity contribution in [1.29, 1.82) is 0 Å². The summed E-state index contributed by atoms with van der Waals surface area (Å²) >= 11 is 0. The zero-order valence-corrected chi connectivity index (χ0v) is 40.4. The first-order valence-corrected chi connectivity index (χ1v) is 25.5. The quantitative estimate of drug-likeness (QED) is 0.0355. The highest BCUT2D eigenvalue weighted by molar-refractivity contribution is 5.89. The van der Waals surface area contributed by atoms with E-state index in [0.717, 1.165) is 44.1 Å². The molecule has 64 heavy (non-hydrogen) atoms. The molecule has 0 unspecified atom stereocenters. The number of alkyl carbamates (subject to hydrolysis) is 1. The van der Waals surface area contributed by atoms with E-state index >= 15 is 0 Å². The Hall–Kier alpha value is -3.26. The first kappa shape index (κ1) is 56.9. The predicted molar refractivity (Wildman–Crippen MR) is 254 cm³/mol. The highest BCUT2D eigenvalue weighted by atomic mass is 16.6. The molecule has 0 aromatic heterocycles. The number of carbonyl (C=O) groups is 4. The maximum atomic E-state index is 14.0. The molecule has 0 radical (unpaired) electrons. The van der Waals surface area contributed by atoms with E-state index in [1.165, 1.54) is 109 Å². The summed E-state index contributed by atoms with van der Waals surface area (Å²) in [5.41, 5.74) is 0.788. The fraction of sp³-hybridized carbons (Fsp3) is 0.804. The van der Waals surface area contributed by atoms with Gasteiger partial charge in [0.25, 0.3) is 0 Å². The molecule has 1 heterocycles. The minimum atomic E-state index is -1.58. The van der Waals surface area contributed by atoms with Crippen LogP contribution in [-0.2, 0) is 30.5 Å². The molecule has 0 spiro atoms. The Bertz CT molecular complexity index is 1370. The van der Waals surface area contributed by atoms with Crippen LogP contribution < -0.4 is 16.0 Å². The third-order valence-electron chi connectivity index (χ3n) is 12.5. The number of aliphatic hydroxyl groups excluding tert-OH is 3. The molecule has 1 aliphatic rings. The monoisotopic (exact) mass is 903 g/mol. The van der Waals surface area contributed by atoms with Gasteiger partial charge in [-0.25, -0.2) is 4.79 Å². The average Bonchev–Trinajstić information content (AvgIpc) is 3.29. The van der Waals surface area contributed by atoms with Crippen LogP contribution in [0.5, 0.6) is 0 Å². The van der Waals surface area contributed by atoms with Crippen LogP contribution in [-0.4, -0.2) is 100 Å². The maximum absolute atomic E-state index is 14.0. The van der Waals surface area contributed by atoms with E-state index < -0.39 is 67.7 Å². The third-order valence-corrected chi connectivity index (χ3v) is 12.5. The lowest BCUT2D eigenvalue weighted by molar-refractivity contribution is -0.231. The number of amides is 4. The second-order valence-corrected chi connectivity index (χ2v) is 18.4. The van der Waals surface area contributed by atoms with E-state index in [1.54, 1.807) is 18.7 Å². The molecule has 0 aliphatic carbocycles. The van der Waals surface area contributed by atoms with Crippen molar-refractivity contribution >= 4 is 23.8 Å². The van der Waals surface area contributed by atoms with Crippen LogP contribution in [0.15, 0.2) is 30.3 Å². The number of carbonyl (C=O) groups excluding carboxylic acids is 4. The standard InChI is InChI=1S/C51H90N4O9/c1-5-7-9-11-13-15-16-17-18-19-20-21-23-25-27-32-36-55(44(58)35-31-26-24-22-14-12-10-8-6-2)50-46(48(60)47(59)42(38-56)64-50)53-43(57)37-52-49(61)45(40(3)4)54-51(62)63-39-41-33-29-28-30-34-41/h28-30,33-34,40,42,45-48,50,56,59-60H,5-27,31-32,35-39H2,1-4H3,(H,52,61)(H,53,57)(H,54,62)/t42-,45+,46-,47-,48-,50-/m1/s1. The molecule has 0 saturated carbocycles. The molecule has 13 nitrogen and oxygen atoms in total. The zero-order valence-electron chi connectivity index (χ0n) is 40.4. The van der Waals surface area contributed by atoms with E-state index in [4.69, 9.17) is 9.47 Å². The lowest BCUT2D eigenvalue weighted by Gasteiger charge is -2.47. The number of aliphatic hydroxyl groups is 3. The zero-order chi connectivity index (χ0) is 46.8. The van der Waals surface area contributed by atoms with E-state index in [9.17, 15) is 34.5 Å². The Morgan fingerprint density at radius 2 is 1.17 bits per heavy atom. The van der Waals surface area contributed by atoms with Crippen molar-refractivity contribution in [2.45, 2.75) is 238 Å². The first-order chi connectivity index (χ1) is 31.0. The summed E-state index contributed by atoms with van der Waals surface area (Å²) in [6.45, 7) is 7.21. The van der Waals surface area contributed by atoms with Crippen LogP contribution in [0.3, 0.4) is 0 Å². The number of nitrogens with one attached hydrogen (secondary N) is 3. The molecule has 1 aromatic carbocycles. The Labute approximate surface area is 387 Å². The van der Waals surface area contributed by atoms with Crippen LogP contribution in [0, 0.1) is 5.92 Å². The molecule has 6 atom stereocenters. The van der Waals surface area contributed by atoms with Crippen molar-refractivity contribution in [1.82, 2.24) is 20.9 Å². The SMILES string of the molecule is CCCCCCCCCCCCCCCCCCN(C(=O)CCCCCCCCCCC)[C@@H]1O[C@H](CO)[C@@H](O)[C@H](O)[C@H]1NC(=O)CNC(=O)[C@@H](NC(=O)OCc1ccccc1)C(C)C. The van der Waals surface area contributed by atoms with Gasteiger partial charge < -0.3 is 45.6 Å². The second-order valence-electron chi connectivity index (χ2n) is 18.4. The number of nitrogens with zero attached hydrogens (tertiary/aromatic N) is 1. The van der Waals surface area contributed by atoms with E-state index in [0.29, 0.717) is 19.4 Å². The molecule has 13 heteroatoms. The van der Waals surface area contributed by atoms with E-state index in [-0.39, 0.29) is 24.9 Å². The molecular weight excluding hydrogens is 813 g/mol. The summed E-state index contributed by atoms with van der Waals surface area (Å²) in [4.78, 5) is 54.9. The summed E-state index contributed by atoms with van der Waals surface area (Å²) in [6, 6.07) is 6.88. The lowest BCUT2D eigenvalue weighted by atomic mass is 9.94. The molecule has 368 valence electrons. The minimum absolute atomic E-state index is 0.0235. The molecular formula is C51H90N4O9. The summed E-state index contributed by atoms with van der Waals surface area (Å²) in [6.07, 6.45) is 23.5. The predicted octanol–water partition coefficient (Wildman–Crippen LogP) is 8.99. The van der Waals surface area contributed by atoms with Crippen LogP contribution in [0.1, 0.15) is 200 Å². The Kier molecular flexibility index (Phi) is 31.9. The second kappa shape index (κ2) is 35.9. The van der Waals surface area contributed by atoms with Crippen molar-refractivity contribution in [3.05, 3.63) is 35.9 Å². The van der Waals surface area contributed by atoms with Crippen LogP contribution in [0.2, 0.25) is 0 Å². The van der Waals surface area contributed by atoms with Gasteiger partial charge in [0.15, 0.2) is 6.23 Å². The van der Waals surface area contributed by atoms with Crippen LogP contribution in [0.25, 0.3) is 0 Å². The van der Waals surface area contributed by atoms with Gasteiger partial charge in [-0.15, -0.1) is 0 Å². The number of hydrogen-bond donors (Lipinski definition) is 6. The summed E-state index contributed by atoms with van der Waals surface area (Å²) in [7, 11) is 0. The molecule has 1 fully saturated rings. The molecule has 1 saturated heterocycles. The highest BCUT2D eigenvalue weighted by Gasteiger charge is 2.48. The van der Waals surface area contributed by atoms with Crippen LogP contribution >= 0.6 is 0 Å². The third kappa shape index (κ3) is 24.3. The normalized spacial score (nSPS) is 19.0. The van der Waals surface area contributed by atoms with Gasteiger partial charge >= 0.3 is 6.09 Å². The average molecular weight is 903 g/mol. The molecule has 6 N–H and O–H groups in total. The Morgan fingerprint density at radius 1 is 0.688 bits per heavy atom. The lowest BCUT2D eigenvalue weighted by Crippen LogP contribution is -2.69. The van der Waals surface area contributed by atoms with Crippen molar-refractivity contribution in [2.75, 3.05) is 19.7 Å². The van der Waals surface area contributed by atoms with Crippen molar-refractivity contribution in [3.8, 4) is 0 Å². The fourth-order valence-electron chi connectivity index (χ4n) is 8.42. The Morgan fingerprint density at radius 3 is 1.66 bits per heavy atom. The summed E-state index contributed by atoms with van der Waals surface area (Å²) in [5.74, 6) is -1.82. The first-order valence-electron chi connectivity index (χ1n) is 25.5. The van der Waals surface area contributed by atoms with Crippen molar-refractivity contribution < 1.29 is 44.0 Å². The van der Waals surface area contributed by atoms with E-state index in [1.807, 2.05) is 30.3 Å². The fourth-order valence-corrected chi connectivity index (χ4v) is 8.42. The number of unbranched alkanes of at least 4 members (excludes halogenated alkanes) is 23. The molecule has 1 aliphatic heterocycles. The number of rotatable bonds is 37. The van der Waals surface area contributed by atoms with Gasteiger partial charge in [-0.3, -0.25) is 14.4 Å². The molecule has 2 rings (SSSR count). The number of benzene rings is 1. The van der Waals surface area contributed by atoms with Gasteiger partial charge in [0.05, 0.1) is 13.2 Å². The number of hydrogen-bond acceptors (Lipinski definition) is 9. The van der Waals surface area contributed by atoms with Gasteiger partial charge in [-0.05, 0) is 24.3 Å². The van der Waals surface area contributed by atoms with Gasteiger partial charge in [0.1, 0.15) is 37.0 Å². The van der Waals surface area contributed by atoms with Crippen LogP contribution in [0.4, 0.5) is 4.79 Å². The smallest absolute Gasteiger partial charge is 0.408 e. The summed E-state index contributed by atoms with van der Waals surface area (Å²) < 4.78 is 11.5. The highest BCUT2D eigenvalue weighted by Crippen LogP contribution is 2.26. The maximum Gasteiger partial charge on any atom is 0.408 e. The Balaban J connectivity index is 2.01. The van der Waals surface area contributed by atoms with Gasteiger partial charge in [0, 0.05) is 13.0 Å². The molecule has 0 bridgehead atoms. The topological polar surface area (TPSA) is 187 Å². The largest absolute Gasteiger partial charge is 0.445 e. The minimum Gasteiger partial charge on any atom is -0.445 e. The van der Waals surface area contributed by atoms with Crippen molar-refractivity contribution in [3.63, 3.8) is 0 Å². The number of ether oxygens (including phenoxy) is 2. The van der Waals surface area contributed by atoms with Gasteiger partial charge in [-0.2, -0.15) is 0 Å². The van der Waals surface area contributed by atoms with Crippen molar-refractivity contribution in [2.24, 2.45) is 5.92 Å². The summed E-state index contributed by atoms with van der Waals surface area (Å²) in [5, 5.41) is 40.3. The van der Waals surface area contributed by atoms with E-state index in [2.05, 4.69) is 29.8 Å². The van der Waals surface area contributed by atoms with Gasteiger partial charge in [0.2, 0.25) is 17.7 Å².